The Morgan fingerprint density at radius 1 is 1.00 bits per heavy atom. The van der Waals surface area contributed by atoms with Crippen molar-refractivity contribution in [1.29, 1.82) is 0 Å². The number of benzene rings is 2. The SMILES string of the molecule is COc1ccc(NC(=S)Nc2ccc(Cl)cc2C(F)(F)F)c(OC)c1. The van der Waals surface area contributed by atoms with Gasteiger partial charge in [0.05, 0.1) is 31.2 Å². The van der Waals surface area contributed by atoms with Crippen molar-refractivity contribution in [3.05, 3.63) is 47.0 Å². The summed E-state index contributed by atoms with van der Waals surface area (Å²) in [7, 11) is 2.96. The molecule has 0 atom stereocenters. The van der Waals surface area contributed by atoms with Crippen LogP contribution in [0.5, 0.6) is 11.5 Å². The topological polar surface area (TPSA) is 42.5 Å². The van der Waals surface area contributed by atoms with Gasteiger partial charge in [-0.05, 0) is 42.5 Å². The van der Waals surface area contributed by atoms with E-state index in [1.165, 1.54) is 26.4 Å². The Bertz CT molecular complexity index is 784. The zero-order valence-corrected chi connectivity index (χ0v) is 14.8. The Morgan fingerprint density at radius 2 is 1.64 bits per heavy atom. The maximum Gasteiger partial charge on any atom is 0.418 e. The average Bonchev–Trinajstić information content (AvgIpc) is 2.55. The molecule has 0 saturated carbocycles. The van der Waals surface area contributed by atoms with Crippen LogP contribution >= 0.6 is 23.8 Å². The fraction of sp³-hybridized carbons (Fsp3) is 0.188. The summed E-state index contributed by atoms with van der Waals surface area (Å²) in [5.74, 6) is 0.994. The molecule has 2 aromatic carbocycles. The minimum absolute atomic E-state index is 0.0198. The Hall–Kier alpha value is -2.19. The van der Waals surface area contributed by atoms with E-state index >= 15 is 0 Å². The van der Waals surface area contributed by atoms with Gasteiger partial charge in [-0.15, -0.1) is 0 Å². The van der Waals surface area contributed by atoms with Crippen LogP contribution in [0.2, 0.25) is 5.02 Å². The molecule has 25 heavy (non-hydrogen) atoms. The van der Waals surface area contributed by atoms with Crippen molar-refractivity contribution in [3.8, 4) is 11.5 Å². The number of anilines is 2. The van der Waals surface area contributed by atoms with Crippen LogP contribution in [-0.2, 0) is 6.18 Å². The van der Waals surface area contributed by atoms with Gasteiger partial charge in [-0.25, -0.2) is 0 Å². The van der Waals surface area contributed by atoms with Crippen LogP contribution in [0.25, 0.3) is 0 Å². The molecule has 9 heteroatoms. The van der Waals surface area contributed by atoms with Gasteiger partial charge < -0.3 is 20.1 Å². The van der Waals surface area contributed by atoms with E-state index in [0.29, 0.717) is 17.2 Å². The predicted molar refractivity (Wildman–Crippen MR) is 95.8 cm³/mol. The highest BCUT2D eigenvalue weighted by molar-refractivity contribution is 7.80. The third-order valence-electron chi connectivity index (χ3n) is 3.19. The third kappa shape index (κ3) is 4.90. The number of ether oxygens (including phenoxy) is 2. The summed E-state index contributed by atoms with van der Waals surface area (Å²) in [4.78, 5) is 0. The number of nitrogens with one attached hydrogen (secondary N) is 2. The first-order valence-electron chi connectivity index (χ1n) is 6.91. The zero-order valence-electron chi connectivity index (χ0n) is 13.2. The van der Waals surface area contributed by atoms with Crippen LogP contribution in [0.3, 0.4) is 0 Å². The molecule has 0 bridgehead atoms. The van der Waals surface area contributed by atoms with E-state index in [4.69, 9.17) is 33.3 Å². The first-order chi connectivity index (χ1) is 11.7. The average molecular weight is 391 g/mol. The van der Waals surface area contributed by atoms with Crippen molar-refractivity contribution in [2.45, 2.75) is 6.18 Å². The lowest BCUT2D eigenvalue weighted by atomic mass is 10.1. The number of methoxy groups -OCH3 is 2. The van der Waals surface area contributed by atoms with Crippen LogP contribution < -0.4 is 20.1 Å². The lowest BCUT2D eigenvalue weighted by molar-refractivity contribution is -0.136. The summed E-state index contributed by atoms with van der Waals surface area (Å²) in [6.07, 6.45) is -4.57. The number of rotatable bonds is 4. The van der Waals surface area contributed by atoms with Crippen molar-refractivity contribution in [2.24, 2.45) is 0 Å². The molecule has 0 aliphatic rings. The van der Waals surface area contributed by atoms with Crippen molar-refractivity contribution in [2.75, 3.05) is 24.9 Å². The van der Waals surface area contributed by atoms with Crippen molar-refractivity contribution < 1.29 is 22.6 Å². The summed E-state index contributed by atoms with van der Waals surface area (Å²) >= 11 is 10.7. The van der Waals surface area contributed by atoms with Gasteiger partial charge in [0.25, 0.3) is 0 Å². The van der Waals surface area contributed by atoms with Gasteiger partial charge in [-0.1, -0.05) is 11.6 Å². The highest BCUT2D eigenvalue weighted by Gasteiger charge is 2.34. The second-order valence-electron chi connectivity index (χ2n) is 4.83. The Balaban J connectivity index is 2.22. The van der Waals surface area contributed by atoms with Crippen molar-refractivity contribution in [3.63, 3.8) is 0 Å². The Kier molecular flexibility index (Phi) is 5.97. The first kappa shape index (κ1) is 19.1. The Labute approximate surface area is 152 Å². The summed E-state index contributed by atoms with van der Waals surface area (Å²) < 4.78 is 49.6. The molecule has 2 rings (SSSR count). The van der Waals surface area contributed by atoms with Gasteiger partial charge in [-0.3, -0.25) is 0 Å². The van der Waals surface area contributed by atoms with Crippen LogP contribution in [0.4, 0.5) is 24.5 Å². The van der Waals surface area contributed by atoms with E-state index in [1.54, 1.807) is 18.2 Å². The molecule has 0 aliphatic heterocycles. The summed E-state index contributed by atoms with van der Waals surface area (Å²) in [5.41, 5.74) is -0.643. The minimum atomic E-state index is -4.57. The van der Waals surface area contributed by atoms with Crippen molar-refractivity contribution >= 4 is 40.3 Å². The fourth-order valence-electron chi connectivity index (χ4n) is 2.04. The molecular formula is C16H14ClF3N2O2S. The van der Waals surface area contributed by atoms with E-state index in [2.05, 4.69) is 10.6 Å². The van der Waals surface area contributed by atoms with Gasteiger partial charge in [0, 0.05) is 11.1 Å². The first-order valence-corrected chi connectivity index (χ1v) is 7.70. The van der Waals surface area contributed by atoms with E-state index in [9.17, 15) is 13.2 Å². The van der Waals surface area contributed by atoms with Crippen molar-refractivity contribution in [1.82, 2.24) is 0 Å². The molecule has 2 N–H and O–H groups in total. The second-order valence-corrected chi connectivity index (χ2v) is 5.68. The number of hydrogen-bond acceptors (Lipinski definition) is 3. The molecule has 0 spiro atoms. The molecule has 0 aromatic heterocycles. The van der Waals surface area contributed by atoms with Crippen LogP contribution in [0, 0.1) is 0 Å². The van der Waals surface area contributed by atoms with E-state index < -0.39 is 11.7 Å². The van der Waals surface area contributed by atoms with Crippen LogP contribution in [0.15, 0.2) is 36.4 Å². The summed E-state index contributed by atoms with van der Waals surface area (Å²) in [5, 5.41) is 5.27. The highest BCUT2D eigenvalue weighted by Crippen LogP contribution is 2.36. The normalized spacial score (nSPS) is 11.0. The molecule has 0 fully saturated rings. The van der Waals surface area contributed by atoms with E-state index in [0.717, 1.165) is 6.07 Å². The monoisotopic (exact) mass is 390 g/mol. The van der Waals surface area contributed by atoms with Crippen LogP contribution in [-0.4, -0.2) is 19.3 Å². The molecule has 0 heterocycles. The minimum Gasteiger partial charge on any atom is -0.497 e. The van der Waals surface area contributed by atoms with Gasteiger partial charge in [0.1, 0.15) is 11.5 Å². The maximum absolute atomic E-state index is 13.1. The second kappa shape index (κ2) is 7.79. The highest BCUT2D eigenvalue weighted by atomic mass is 35.5. The lowest BCUT2D eigenvalue weighted by Gasteiger charge is -2.17. The lowest BCUT2D eigenvalue weighted by Crippen LogP contribution is -2.22. The predicted octanol–water partition coefficient (Wildman–Crippen LogP) is 5.18. The number of halogens is 4. The molecule has 0 unspecified atom stereocenters. The molecule has 2 aromatic rings. The molecule has 0 radical (unpaired) electrons. The van der Waals surface area contributed by atoms with E-state index in [1.807, 2.05) is 0 Å². The molecule has 0 amide bonds. The van der Waals surface area contributed by atoms with Gasteiger partial charge >= 0.3 is 6.18 Å². The largest absolute Gasteiger partial charge is 0.497 e. The third-order valence-corrected chi connectivity index (χ3v) is 3.63. The van der Waals surface area contributed by atoms with Gasteiger partial charge in [-0.2, -0.15) is 13.2 Å². The standard InChI is InChI=1S/C16H14ClF3N2O2S/c1-23-10-4-6-13(14(8-10)24-2)22-15(25)21-12-5-3-9(17)7-11(12)16(18,19)20/h3-8H,1-2H3,(H2,21,22,25). The molecular weight excluding hydrogens is 377 g/mol. The van der Waals surface area contributed by atoms with Crippen LogP contribution in [0.1, 0.15) is 5.56 Å². The maximum atomic E-state index is 13.1. The van der Waals surface area contributed by atoms with Gasteiger partial charge in [0.2, 0.25) is 0 Å². The number of hydrogen-bond donors (Lipinski definition) is 2. The van der Waals surface area contributed by atoms with E-state index in [-0.39, 0.29) is 15.8 Å². The molecule has 4 nitrogen and oxygen atoms in total. The fourth-order valence-corrected chi connectivity index (χ4v) is 2.43. The Morgan fingerprint density at radius 3 is 2.24 bits per heavy atom. The smallest absolute Gasteiger partial charge is 0.418 e. The summed E-state index contributed by atoms with van der Waals surface area (Å²) in [6.45, 7) is 0. The number of alkyl halides is 3. The quantitative estimate of drug-likeness (QED) is 0.704. The molecule has 134 valence electrons. The summed E-state index contributed by atoms with van der Waals surface area (Å²) in [6, 6.07) is 8.31. The molecule has 0 saturated heterocycles. The number of thiocarbonyl (C=S) groups is 1. The zero-order chi connectivity index (χ0) is 18.6. The van der Waals surface area contributed by atoms with Gasteiger partial charge in [0.15, 0.2) is 5.11 Å². The molecule has 0 aliphatic carbocycles.